The van der Waals surface area contributed by atoms with E-state index in [2.05, 4.69) is 22.9 Å². The summed E-state index contributed by atoms with van der Waals surface area (Å²) in [5.74, 6) is -0.693. The first-order valence-electron chi connectivity index (χ1n) is 4.81. The quantitative estimate of drug-likeness (QED) is 0.840. The van der Waals surface area contributed by atoms with Gasteiger partial charge < -0.3 is 5.32 Å². The minimum Gasteiger partial charge on any atom is -0.347 e. The highest BCUT2D eigenvalue weighted by Crippen LogP contribution is 2.14. The fraction of sp³-hybridized carbons (Fsp3) is 0.0909. The molecule has 0 radical (unpaired) electrons. The smallest absolute Gasteiger partial charge is 0.251 e. The number of carbonyl (C=O) groups excluding carboxylic acids is 1. The van der Waals surface area contributed by atoms with Crippen LogP contribution in [-0.4, -0.2) is 10.9 Å². The van der Waals surface area contributed by atoms with Gasteiger partial charge in [-0.2, -0.15) is 0 Å². The molecule has 0 unspecified atom stereocenters. The maximum Gasteiger partial charge on any atom is 0.251 e. The third-order valence-electron chi connectivity index (χ3n) is 2.11. The van der Waals surface area contributed by atoms with E-state index in [1.807, 2.05) is 0 Å². The summed E-state index contributed by atoms with van der Waals surface area (Å²) < 4.78 is 13.0. The zero-order chi connectivity index (χ0) is 12.3. The van der Waals surface area contributed by atoms with Crippen LogP contribution in [-0.2, 0) is 6.54 Å². The Morgan fingerprint density at radius 3 is 3.00 bits per heavy atom. The standard InChI is InChI=1S/C11H9FN2OS2/c12-9-2-1-7(3-10(9)16)11(15)14-5-8-4-13-6-17-8/h1-4,6,16H,5H2,(H,14,15). The molecule has 0 bridgehead atoms. The number of benzene rings is 1. The minimum absolute atomic E-state index is 0.162. The van der Waals surface area contributed by atoms with Crippen LogP contribution in [0.4, 0.5) is 4.39 Å². The number of hydrogen-bond donors (Lipinski definition) is 2. The number of amides is 1. The van der Waals surface area contributed by atoms with Crippen molar-refractivity contribution in [3.05, 3.63) is 46.2 Å². The van der Waals surface area contributed by atoms with Gasteiger partial charge in [0.25, 0.3) is 5.91 Å². The molecule has 1 amide bonds. The van der Waals surface area contributed by atoms with Crippen molar-refractivity contribution in [2.75, 3.05) is 0 Å². The van der Waals surface area contributed by atoms with Gasteiger partial charge in [-0.05, 0) is 18.2 Å². The fourth-order valence-electron chi connectivity index (χ4n) is 1.25. The van der Waals surface area contributed by atoms with E-state index in [0.717, 1.165) is 4.88 Å². The molecule has 1 aromatic carbocycles. The first-order valence-corrected chi connectivity index (χ1v) is 6.13. The molecule has 2 rings (SSSR count). The van der Waals surface area contributed by atoms with Gasteiger partial charge in [-0.15, -0.1) is 24.0 Å². The molecule has 6 heteroatoms. The zero-order valence-electron chi connectivity index (χ0n) is 8.68. The van der Waals surface area contributed by atoms with Crippen LogP contribution in [0.2, 0.25) is 0 Å². The predicted molar refractivity (Wildman–Crippen MR) is 66.9 cm³/mol. The lowest BCUT2D eigenvalue weighted by molar-refractivity contribution is 0.0951. The number of halogens is 1. The van der Waals surface area contributed by atoms with Crippen molar-refractivity contribution >= 4 is 29.9 Å². The van der Waals surface area contributed by atoms with E-state index in [9.17, 15) is 9.18 Å². The van der Waals surface area contributed by atoms with Gasteiger partial charge in [0.1, 0.15) is 5.82 Å². The van der Waals surface area contributed by atoms with Crippen molar-refractivity contribution in [1.82, 2.24) is 10.3 Å². The lowest BCUT2D eigenvalue weighted by Gasteiger charge is -2.04. The molecule has 0 saturated carbocycles. The number of nitrogens with zero attached hydrogens (tertiary/aromatic N) is 1. The molecule has 1 aromatic heterocycles. The van der Waals surface area contributed by atoms with Gasteiger partial charge >= 0.3 is 0 Å². The van der Waals surface area contributed by atoms with Crippen LogP contribution in [0.5, 0.6) is 0 Å². The average Bonchev–Trinajstić information content (AvgIpc) is 2.82. The second kappa shape index (κ2) is 5.29. The number of aromatic nitrogens is 1. The fourth-order valence-corrected chi connectivity index (χ4v) is 2.00. The van der Waals surface area contributed by atoms with Crippen molar-refractivity contribution in [2.45, 2.75) is 11.4 Å². The van der Waals surface area contributed by atoms with Gasteiger partial charge in [-0.1, -0.05) is 0 Å². The van der Waals surface area contributed by atoms with Gasteiger partial charge in [0.05, 0.1) is 12.1 Å². The predicted octanol–water partition coefficient (Wildman–Crippen LogP) is 2.50. The summed E-state index contributed by atoms with van der Waals surface area (Å²) in [5, 5.41) is 2.72. The summed E-state index contributed by atoms with van der Waals surface area (Å²) in [6, 6.07) is 4.06. The number of carbonyl (C=O) groups is 1. The van der Waals surface area contributed by atoms with E-state index in [1.54, 1.807) is 11.7 Å². The molecule has 1 heterocycles. The summed E-state index contributed by atoms with van der Waals surface area (Å²) in [5.41, 5.74) is 2.09. The molecule has 3 nitrogen and oxygen atoms in total. The molecule has 2 aromatic rings. The molecule has 88 valence electrons. The maximum atomic E-state index is 13.0. The summed E-state index contributed by atoms with van der Waals surface area (Å²) in [7, 11) is 0. The largest absolute Gasteiger partial charge is 0.347 e. The van der Waals surface area contributed by atoms with Gasteiger partial charge in [0.15, 0.2) is 0 Å². The van der Waals surface area contributed by atoms with Gasteiger partial charge in [-0.25, -0.2) is 4.39 Å². The Morgan fingerprint density at radius 1 is 1.53 bits per heavy atom. The topological polar surface area (TPSA) is 42.0 Å². The SMILES string of the molecule is O=C(NCc1cncs1)c1ccc(F)c(S)c1. The van der Waals surface area contributed by atoms with Gasteiger partial charge in [-0.3, -0.25) is 9.78 Å². The lowest BCUT2D eigenvalue weighted by Crippen LogP contribution is -2.22. The molecule has 0 spiro atoms. The average molecular weight is 268 g/mol. The van der Waals surface area contributed by atoms with Crippen molar-refractivity contribution in [3.63, 3.8) is 0 Å². The van der Waals surface area contributed by atoms with Crippen LogP contribution in [0.3, 0.4) is 0 Å². The molecule has 0 aliphatic heterocycles. The number of nitrogens with one attached hydrogen (secondary N) is 1. The Kier molecular flexibility index (Phi) is 3.75. The molecular weight excluding hydrogens is 259 g/mol. The Hall–Kier alpha value is -1.40. The van der Waals surface area contributed by atoms with Crippen LogP contribution >= 0.6 is 24.0 Å². The third kappa shape index (κ3) is 3.04. The molecule has 0 atom stereocenters. The molecule has 0 aliphatic rings. The van der Waals surface area contributed by atoms with Crippen molar-refractivity contribution in [2.24, 2.45) is 0 Å². The van der Waals surface area contributed by atoms with E-state index >= 15 is 0 Å². The van der Waals surface area contributed by atoms with Gasteiger partial charge in [0.2, 0.25) is 0 Å². The van der Waals surface area contributed by atoms with E-state index in [4.69, 9.17) is 0 Å². The molecule has 0 fully saturated rings. The van der Waals surface area contributed by atoms with Crippen LogP contribution in [0.15, 0.2) is 34.8 Å². The highest BCUT2D eigenvalue weighted by molar-refractivity contribution is 7.80. The van der Waals surface area contributed by atoms with Crippen LogP contribution in [0.1, 0.15) is 15.2 Å². The van der Waals surface area contributed by atoms with E-state index in [1.165, 1.54) is 29.5 Å². The van der Waals surface area contributed by atoms with Crippen molar-refractivity contribution in [3.8, 4) is 0 Å². The Labute approximate surface area is 107 Å². The maximum absolute atomic E-state index is 13.0. The summed E-state index contributed by atoms with van der Waals surface area (Å²) in [4.78, 5) is 16.8. The third-order valence-corrected chi connectivity index (χ3v) is 3.24. The normalized spacial score (nSPS) is 10.2. The Morgan fingerprint density at radius 2 is 2.35 bits per heavy atom. The highest BCUT2D eigenvalue weighted by Gasteiger charge is 2.08. The van der Waals surface area contributed by atoms with E-state index in [0.29, 0.717) is 12.1 Å². The van der Waals surface area contributed by atoms with Crippen molar-refractivity contribution < 1.29 is 9.18 Å². The van der Waals surface area contributed by atoms with Crippen LogP contribution in [0, 0.1) is 5.82 Å². The van der Waals surface area contributed by atoms with E-state index < -0.39 is 5.82 Å². The second-order valence-electron chi connectivity index (χ2n) is 3.32. The van der Waals surface area contributed by atoms with Crippen LogP contribution < -0.4 is 5.32 Å². The first kappa shape index (κ1) is 12.1. The minimum atomic E-state index is -0.438. The lowest BCUT2D eigenvalue weighted by atomic mass is 10.2. The monoisotopic (exact) mass is 268 g/mol. The Bertz CT molecular complexity index is 528. The summed E-state index contributed by atoms with van der Waals surface area (Å²) in [6.07, 6.45) is 1.69. The van der Waals surface area contributed by atoms with E-state index in [-0.39, 0.29) is 10.8 Å². The van der Waals surface area contributed by atoms with Gasteiger partial charge in [0, 0.05) is 21.5 Å². The molecular formula is C11H9FN2OS2. The zero-order valence-corrected chi connectivity index (χ0v) is 10.4. The molecule has 17 heavy (non-hydrogen) atoms. The second-order valence-corrected chi connectivity index (χ2v) is 4.77. The highest BCUT2D eigenvalue weighted by atomic mass is 32.1. The van der Waals surface area contributed by atoms with Crippen LogP contribution in [0.25, 0.3) is 0 Å². The molecule has 0 saturated heterocycles. The molecule has 0 aliphatic carbocycles. The number of thiazole rings is 1. The number of rotatable bonds is 3. The number of hydrogen-bond acceptors (Lipinski definition) is 4. The van der Waals surface area contributed by atoms with Crippen molar-refractivity contribution in [1.29, 1.82) is 0 Å². The Balaban J connectivity index is 2.02. The first-order chi connectivity index (χ1) is 8.16. The molecule has 1 N–H and O–H groups in total. The summed E-state index contributed by atoms with van der Waals surface area (Å²) >= 11 is 5.39. The summed E-state index contributed by atoms with van der Waals surface area (Å²) in [6.45, 7) is 0.419. The number of thiol groups is 1.